The van der Waals surface area contributed by atoms with Crippen LogP contribution in [0.1, 0.15) is 16.1 Å². The van der Waals surface area contributed by atoms with Crippen LogP contribution in [0.5, 0.6) is 0 Å². The van der Waals surface area contributed by atoms with Crippen LogP contribution < -0.4 is 5.32 Å². The number of amides is 1. The molecule has 2 N–H and O–H groups in total. The van der Waals surface area contributed by atoms with Crippen molar-refractivity contribution < 1.29 is 9.59 Å². The summed E-state index contributed by atoms with van der Waals surface area (Å²) in [6.07, 6.45) is 4.02. The average Bonchev–Trinajstić information content (AvgIpc) is 3.22. The van der Waals surface area contributed by atoms with Crippen molar-refractivity contribution in [2.24, 2.45) is 11.8 Å². The van der Waals surface area contributed by atoms with Crippen molar-refractivity contribution in [3.63, 3.8) is 0 Å². The van der Waals surface area contributed by atoms with Gasteiger partial charge in [-0.05, 0) is 24.3 Å². The Balaban J connectivity index is 1.66. The summed E-state index contributed by atoms with van der Waals surface area (Å²) in [5, 5.41) is 3.44. The second-order valence-electron chi connectivity index (χ2n) is 7.46. The van der Waals surface area contributed by atoms with Gasteiger partial charge in [-0.1, -0.05) is 18.2 Å². The molecule has 1 fully saturated rings. The van der Waals surface area contributed by atoms with Gasteiger partial charge in [-0.3, -0.25) is 14.6 Å². The van der Waals surface area contributed by atoms with E-state index in [2.05, 4.69) is 15.3 Å². The van der Waals surface area contributed by atoms with Gasteiger partial charge in [0.25, 0.3) is 0 Å². The molecule has 2 aromatic heterocycles. The van der Waals surface area contributed by atoms with Crippen LogP contribution in [-0.4, -0.2) is 40.2 Å². The number of Topliss-reactive ketones (excluding diaryl/α,β-unsaturated/α-hetero) is 1. The van der Waals surface area contributed by atoms with Crippen LogP contribution in [0, 0.1) is 11.8 Å². The lowest BCUT2D eigenvalue weighted by molar-refractivity contribution is -0.130. The number of hydrogen-bond acceptors (Lipinski definition) is 4. The molecule has 3 aromatic rings. The van der Waals surface area contributed by atoms with E-state index in [-0.39, 0.29) is 23.5 Å². The number of carbonyl (C=O) groups excluding carboxylic acids is 2. The first-order valence-electron chi connectivity index (χ1n) is 9.40. The number of nitrogens with zero attached hydrogens (tertiary/aromatic N) is 2. The zero-order valence-electron chi connectivity index (χ0n) is 15.5. The van der Waals surface area contributed by atoms with Crippen molar-refractivity contribution >= 4 is 23.1 Å². The highest BCUT2D eigenvalue weighted by atomic mass is 16.2. The van der Waals surface area contributed by atoms with Gasteiger partial charge in [0, 0.05) is 49.4 Å². The van der Waals surface area contributed by atoms with Crippen molar-refractivity contribution in [3.05, 3.63) is 66.1 Å². The van der Waals surface area contributed by atoms with Crippen molar-refractivity contribution in [3.8, 4) is 11.3 Å². The number of ketones is 1. The quantitative estimate of drug-likeness (QED) is 0.740. The number of nitrogens with one attached hydrogen (secondary N) is 2. The van der Waals surface area contributed by atoms with Crippen LogP contribution in [0.3, 0.4) is 0 Å². The van der Waals surface area contributed by atoms with Crippen LogP contribution in [0.15, 0.2) is 54.9 Å². The number of fused-ring (bicyclic) bond motifs is 2. The highest BCUT2D eigenvalue weighted by molar-refractivity contribution is 6.11. The van der Waals surface area contributed by atoms with E-state index in [1.807, 2.05) is 42.5 Å². The zero-order chi connectivity index (χ0) is 19.3. The van der Waals surface area contributed by atoms with Crippen molar-refractivity contribution in [2.45, 2.75) is 6.42 Å². The Morgan fingerprint density at radius 1 is 1.07 bits per heavy atom. The van der Waals surface area contributed by atoms with Crippen molar-refractivity contribution in [1.82, 2.24) is 14.9 Å². The summed E-state index contributed by atoms with van der Waals surface area (Å²) in [7, 11) is 1.77. The van der Waals surface area contributed by atoms with E-state index in [1.165, 1.54) is 0 Å². The molecule has 0 unspecified atom stereocenters. The molecule has 2 aliphatic rings. The molecule has 1 saturated heterocycles. The van der Waals surface area contributed by atoms with E-state index in [0.29, 0.717) is 18.5 Å². The summed E-state index contributed by atoms with van der Waals surface area (Å²) in [5.41, 5.74) is 5.00. The second kappa shape index (κ2) is 6.34. The number of para-hydroxylation sites is 1. The average molecular weight is 372 g/mol. The van der Waals surface area contributed by atoms with E-state index in [4.69, 9.17) is 0 Å². The predicted molar refractivity (Wildman–Crippen MR) is 106 cm³/mol. The normalized spacial score (nSPS) is 20.8. The van der Waals surface area contributed by atoms with Gasteiger partial charge in [-0.2, -0.15) is 0 Å². The summed E-state index contributed by atoms with van der Waals surface area (Å²) in [6, 6.07) is 13.6. The number of H-pyrrole nitrogens is 1. The molecule has 5 rings (SSSR count). The second-order valence-corrected chi connectivity index (χ2v) is 7.46. The summed E-state index contributed by atoms with van der Waals surface area (Å²) in [4.78, 5) is 35.1. The van der Waals surface area contributed by atoms with Gasteiger partial charge < -0.3 is 15.2 Å². The third-order valence-electron chi connectivity index (χ3n) is 5.75. The first-order valence-corrected chi connectivity index (χ1v) is 9.40. The number of hydrogen-bond donors (Lipinski definition) is 2. The molecular formula is C22H20N4O2. The smallest absolute Gasteiger partial charge is 0.226 e. The number of anilines is 2. The Bertz CT molecular complexity index is 1060. The fraction of sp³-hybridized carbons (Fsp3) is 0.227. The zero-order valence-corrected chi connectivity index (χ0v) is 15.5. The largest absolute Gasteiger partial charge is 0.356 e. The summed E-state index contributed by atoms with van der Waals surface area (Å²) >= 11 is 0. The summed E-state index contributed by atoms with van der Waals surface area (Å²) in [5.74, 6) is -0.443. The lowest BCUT2D eigenvalue weighted by atomic mass is 9.79. The van der Waals surface area contributed by atoms with Crippen LogP contribution in [-0.2, 0) is 11.2 Å². The molecule has 6 nitrogen and oxygen atoms in total. The first-order chi connectivity index (χ1) is 13.6. The number of likely N-dealkylation sites (tertiary alicyclic amines) is 1. The van der Waals surface area contributed by atoms with Crippen LogP contribution in [0.4, 0.5) is 11.4 Å². The van der Waals surface area contributed by atoms with E-state index < -0.39 is 0 Å². The molecule has 3 heterocycles. The van der Waals surface area contributed by atoms with Crippen LogP contribution in [0.25, 0.3) is 11.3 Å². The standard InChI is InChI=1S/C22H20N4O2/c1-26-12-16-15(22(26)28)11-17-18(21(16)27)20(24-14-5-3-2-4-6-14)19(25-17)13-7-9-23-10-8-13/h2-10,15-16,24-25H,11-12H2,1H3/t15-,16-/m1/s1. The first kappa shape index (κ1) is 16.7. The Kier molecular flexibility index (Phi) is 3.79. The number of pyridine rings is 1. The lowest BCUT2D eigenvalue weighted by Gasteiger charge is -2.22. The molecule has 1 amide bonds. The lowest BCUT2D eigenvalue weighted by Crippen LogP contribution is -2.32. The third kappa shape index (κ3) is 2.52. The van der Waals surface area contributed by atoms with Gasteiger partial charge in [0.15, 0.2) is 5.78 Å². The maximum atomic E-state index is 13.4. The Morgan fingerprint density at radius 2 is 1.82 bits per heavy atom. The Hall–Kier alpha value is -3.41. The van der Waals surface area contributed by atoms with E-state index in [0.717, 1.165) is 28.3 Å². The molecule has 0 radical (unpaired) electrons. The highest BCUT2D eigenvalue weighted by Gasteiger charge is 2.48. The molecule has 140 valence electrons. The van der Waals surface area contributed by atoms with Gasteiger partial charge in [-0.25, -0.2) is 0 Å². The highest BCUT2D eigenvalue weighted by Crippen LogP contribution is 2.43. The minimum atomic E-state index is -0.276. The van der Waals surface area contributed by atoms with Crippen LogP contribution in [0.2, 0.25) is 0 Å². The molecule has 0 spiro atoms. The van der Waals surface area contributed by atoms with E-state index in [9.17, 15) is 9.59 Å². The third-order valence-corrected chi connectivity index (χ3v) is 5.75. The minimum Gasteiger partial charge on any atom is -0.356 e. The SMILES string of the molecule is CN1C[C@H]2C(=O)c3c([nH]c(-c4ccncc4)c3Nc3ccccc3)C[C@H]2C1=O. The monoisotopic (exact) mass is 372 g/mol. The molecule has 28 heavy (non-hydrogen) atoms. The van der Waals surface area contributed by atoms with Gasteiger partial charge in [0.2, 0.25) is 5.91 Å². The molecular weight excluding hydrogens is 352 g/mol. The molecule has 6 heteroatoms. The molecule has 1 aromatic carbocycles. The van der Waals surface area contributed by atoms with Crippen molar-refractivity contribution in [2.75, 3.05) is 18.9 Å². The molecule has 1 aliphatic heterocycles. The van der Waals surface area contributed by atoms with E-state index in [1.54, 1.807) is 24.3 Å². The Labute approximate surface area is 162 Å². The van der Waals surface area contributed by atoms with Gasteiger partial charge in [0.05, 0.1) is 28.8 Å². The van der Waals surface area contributed by atoms with Gasteiger partial charge >= 0.3 is 0 Å². The number of rotatable bonds is 3. The minimum absolute atomic E-state index is 0.0407. The maximum Gasteiger partial charge on any atom is 0.226 e. The number of benzene rings is 1. The molecule has 2 atom stereocenters. The van der Waals surface area contributed by atoms with Crippen molar-refractivity contribution in [1.29, 1.82) is 0 Å². The number of aromatic amines is 1. The fourth-order valence-corrected chi connectivity index (χ4v) is 4.37. The number of aromatic nitrogens is 2. The van der Waals surface area contributed by atoms with Crippen LogP contribution >= 0.6 is 0 Å². The summed E-state index contributed by atoms with van der Waals surface area (Å²) < 4.78 is 0. The molecule has 0 saturated carbocycles. The Morgan fingerprint density at radius 3 is 2.57 bits per heavy atom. The molecule has 0 bridgehead atoms. The maximum absolute atomic E-state index is 13.4. The molecule has 1 aliphatic carbocycles. The predicted octanol–water partition coefficient (Wildman–Crippen LogP) is 3.26. The fourth-order valence-electron chi connectivity index (χ4n) is 4.37. The topological polar surface area (TPSA) is 78.1 Å². The van der Waals surface area contributed by atoms with Gasteiger partial charge in [-0.15, -0.1) is 0 Å². The number of carbonyl (C=O) groups is 2. The van der Waals surface area contributed by atoms with Gasteiger partial charge in [0.1, 0.15) is 0 Å². The summed E-state index contributed by atoms with van der Waals surface area (Å²) in [6.45, 7) is 0.488. The van der Waals surface area contributed by atoms with E-state index >= 15 is 0 Å².